The third-order valence-corrected chi connectivity index (χ3v) is 2.89. The molecule has 2 aromatic rings. The summed E-state index contributed by atoms with van der Waals surface area (Å²) >= 11 is 0. The highest BCUT2D eigenvalue weighted by Crippen LogP contribution is 2.18. The first kappa shape index (κ1) is 12.3. The highest BCUT2D eigenvalue weighted by Gasteiger charge is 2.24. The van der Waals surface area contributed by atoms with Crippen molar-refractivity contribution in [2.24, 2.45) is 4.99 Å². The van der Waals surface area contributed by atoms with Gasteiger partial charge in [0.25, 0.3) is 0 Å². The fourth-order valence-corrected chi connectivity index (χ4v) is 1.83. The molecule has 0 atom stereocenters. The van der Waals surface area contributed by atoms with Gasteiger partial charge < -0.3 is 4.74 Å². The SMILES string of the molecule is Cc1ccc(/C=C2/N=C(c3ccccn3)OC2=O)cc1. The second-order valence-electron chi connectivity index (χ2n) is 4.46. The summed E-state index contributed by atoms with van der Waals surface area (Å²) in [5, 5.41) is 0. The van der Waals surface area contributed by atoms with Crippen LogP contribution < -0.4 is 0 Å². The molecule has 0 spiro atoms. The fourth-order valence-electron chi connectivity index (χ4n) is 1.83. The van der Waals surface area contributed by atoms with E-state index in [1.807, 2.05) is 37.3 Å². The molecule has 4 nitrogen and oxygen atoms in total. The van der Waals surface area contributed by atoms with E-state index in [0.29, 0.717) is 5.69 Å². The fraction of sp³-hybridized carbons (Fsp3) is 0.0625. The largest absolute Gasteiger partial charge is 0.400 e. The van der Waals surface area contributed by atoms with E-state index in [9.17, 15) is 4.79 Å². The maximum Gasteiger partial charge on any atom is 0.363 e. The van der Waals surface area contributed by atoms with Crippen LogP contribution in [0.4, 0.5) is 0 Å². The molecule has 3 rings (SSSR count). The molecule has 0 bridgehead atoms. The average Bonchev–Trinajstić information content (AvgIpc) is 2.84. The van der Waals surface area contributed by atoms with Gasteiger partial charge in [-0.1, -0.05) is 35.9 Å². The Labute approximate surface area is 116 Å². The van der Waals surface area contributed by atoms with Crippen LogP contribution in [0, 0.1) is 6.92 Å². The van der Waals surface area contributed by atoms with Gasteiger partial charge in [0.05, 0.1) is 0 Å². The molecule has 20 heavy (non-hydrogen) atoms. The van der Waals surface area contributed by atoms with Crippen molar-refractivity contribution in [3.05, 3.63) is 71.2 Å². The number of hydrogen-bond acceptors (Lipinski definition) is 4. The minimum atomic E-state index is -0.453. The zero-order chi connectivity index (χ0) is 13.9. The Balaban J connectivity index is 1.92. The van der Waals surface area contributed by atoms with Crippen LogP contribution in [0.5, 0.6) is 0 Å². The van der Waals surface area contributed by atoms with Crippen LogP contribution in [0.1, 0.15) is 16.8 Å². The molecule has 4 heteroatoms. The molecule has 2 heterocycles. The molecule has 0 saturated heterocycles. The summed E-state index contributed by atoms with van der Waals surface area (Å²) < 4.78 is 5.14. The number of hydrogen-bond donors (Lipinski definition) is 0. The minimum Gasteiger partial charge on any atom is -0.400 e. The Morgan fingerprint density at radius 1 is 1.10 bits per heavy atom. The first-order valence-corrected chi connectivity index (χ1v) is 6.23. The highest BCUT2D eigenvalue weighted by atomic mass is 16.6. The molecule has 0 unspecified atom stereocenters. The van der Waals surface area contributed by atoms with Crippen LogP contribution in [0.15, 0.2) is 59.4 Å². The lowest BCUT2D eigenvalue weighted by Gasteiger charge is -1.96. The average molecular weight is 264 g/mol. The Kier molecular flexibility index (Phi) is 3.13. The van der Waals surface area contributed by atoms with Crippen LogP contribution in [0.2, 0.25) is 0 Å². The number of aryl methyl sites for hydroxylation is 1. The van der Waals surface area contributed by atoms with Crippen molar-refractivity contribution in [2.45, 2.75) is 6.92 Å². The van der Waals surface area contributed by atoms with Gasteiger partial charge in [-0.05, 0) is 30.7 Å². The van der Waals surface area contributed by atoms with Gasteiger partial charge >= 0.3 is 5.97 Å². The molecule has 0 radical (unpaired) electrons. The van der Waals surface area contributed by atoms with E-state index >= 15 is 0 Å². The first-order chi connectivity index (χ1) is 9.72. The number of ether oxygens (including phenoxy) is 1. The molecule has 1 aromatic heterocycles. The molecule has 0 N–H and O–H groups in total. The molecular weight excluding hydrogens is 252 g/mol. The zero-order valence-electron chi connectivity index (χ0n) is 10.9. The quantitative estimate of drug-likeness (QED) is 0.619. The zero-order valence-corrected chi connectivity index (χ0v) is 10.9. The maximum atomic E-state index is 11.8. The van der Waals surface area contributed by atoms with Crippen molar-refractivity contribution in [1.82, 2.24) is 4.98 Å². The lowest BCUT2D eigenvalue weighted by molar-refractivity contribution is -0.129. The summed E-state index contributed by atoms with van der Waals surface area (Å²) in [6.45, 7) is 2.01. The van der Waals surface area contributed by atoms with Gasteiger partial charge in [0, 0.05) is 6.20 Å². The summed E-state index contributed by atoms with van der Waals surface area (Å²) in [4.78, 5) is 20.1. The van der Waals surface area contributed by atoms with Gasteiger partial charge in [-0.3, -0.25) is 4.98 Å². The van der Waals surface area contributed by atoms with Gasteiger partial charge in [0.15, 0.2) is 5.70 Å². The number of carbonyl (C=O) groups excluding carboxylic acids is 1. The number of aromatic nitrogens is 1. The van der Waals surface area contributed by atoms with Crippen LogP contribution in [0.25, 0.3) is 6.08 Å². The third-order valence-electron chi connectivity index (χ3n) is 2.89. The van der Waals surface area contributed by atoms with E-state index in [1.165, 1.54) is 5.56 Å². The van der Waals surface area contributed by atoms with Gasteiger partial charge in [-0.2, -0.15) is 0 Å². The van der Waals surface area contributed by atoms with E-state index < -0.39 is 5.97 Å². The summed E-state index contributed by atoms with van der Waals surface area (Å²) in [6, 6.07) is 13.2. The number of rotatable bonds is 2. The standard InChI is InChI=1S/C16H12N2O2/c1-11-5-7-12(8-6-11)10-14-16(19)20-15(18-14)13-4-2-3-9-17-13/h2-10H,1H3/b14-10+. The molecule has 0 fully saturated rings. The van der Waals surface area contributed by atoms with Crippen molar-refractivity contribution >= 4 is 17.9 Å². The van der Waals surface area contributed by atoms with E-state index in [2.05, 4.69) is 9.98 Å². The van der Waals surface area contributed by atoms with E-state index in [4.69, 9.17) is 4.74 Å². The predicted molar refractivity (Wildman–Crippen MR) is 76.0 cm³/mol. The number of cyclic esters (lactones) is 1. The Hall–Kier alpha value is -2.75. The summed E-state index contributed by atoms with van der Waals surface area (Å²) in [5.41, 5.74) is 2.91. The molecule has 1 aliphatic rings. The lowest BCUT2D eigenvalue weighted by Crippen LogP contribution is -2.06. The van der Waals surface area contributed by atoms with Crippen molar-refractivity contribution < 1.29 is 9.53 Å². The Bertz CT molecular complexity index is 701. The normalized spacial score (nSPS) is 16.1. The predicted octanol–water partition coefficient (Wildman–Crippen LogP) is 2.73. The number of pyridine rings is 1. The smallest absolute Gasteiger partial charge is 0.363 e. The van der Waals surface area contributed by atoms with Crippen LogP contribution in [0.3, 0.4) is 0 Å². The Morgan fingerprint density at radius 2 is 1.90 bits per heavy atom. The van der Waals surface area contributed by atoms with Gasteiger partial charge in [0.1, 0.15) is 5.69 Å². The Morgan fingerprint density at radius 3 is 2.60 bits per heavy atom. The van der Waals surface area contributed by atoms with Crippen LogP contribution in [-0.2, 0) is 9.53 Å². The van der Waals surface area contributed by atoms with Crippen LogP contribution in [-0.4, -0.2) is 16.9 Å². The van der Waals surface area contributed by atoms with E-state index in [-0.39, 0.29) is 11.6 Å². The van der Waals surface area contributed by atoms with E-state index in [0.717, 1.165) is 5.56 Å². The van der Waals surface area contributed by atoms with E-state index in [1.54, 1.807) is 24.4 Å². The number of nitrogens with zero attached hydrogens (tertiary/aromatic N) is 2. The van der Waals surface area contributed by atoms with Gasteiger partial charge in [0.2, 0.25) is 5.90 Å². The number of aliphatic imine (C=N–C) groups is 1. The highest BCUT2D eigenvalue weighted by molar-refractivity contribution is 6.12. The number of carbonyl (C=O) groups is 1. The van der Waals surface area contributed by atoms with Crippen molar-refractivity contribution in [3.8, 4) is 0 Å². The molecule has 1 aliphatic heterocycles. The molecule has 0 amide bonds. The second-order valence-corrected chi connectivity index (χ2v) is 4.46. The number of esters is 1. The molecule has 0 saturated carbocycles. The monoisotopic (exact) mass is 264 g/mol. The first-order valence-electron chi connectivity index (χ1n) is 6.23. The minimum absolute atomic E-state index is 0.244. The van der Waals surface area contributed by atoms with Crippen molar-refractivity contribution in [2.75, 3.05) is 0 Å². The van der Waals surface area contributed by atoms with Gasteiger partial charge in [-0.15, -0.1) is 0 Å². The molecule has 1 aromatic carbocycles. The molecular formula is C16H12N2O2. The van der Waals surface area contributed by atoms with Crippen LogP contribution >= 0.6 is 0 Å². The van der Waals surface area contributed by atoms with Crippen molar-refractivity contribution in [1.29, 1.82) is 0 Å². The lowest BCUT2D eigenvalue weighted by atomic mass is 10.1. The number of benzene rings is 1. The second kappa shape index (κ2) is 5.09. The maximum absolute atomic E-state index is 11.8. The molecule has 98 valence electrons. The third kappa shape index (κ3) is 2.49. The topological polar surface area (TPSA) is 51.6 Å². The summed E-state index contributed by atoms with van der Waals surface area (Å²) in [6.07, 6.45) is 3.34. The molecule has 0 aliphatic carbocycles. The summed E-state index contributed by atoms with van der Waals surface area (Å²) in [5.74, 6) is -0.208. The van der Waals surface area contributed by atoms with Gasteiger partial charge in [-0.25, -0.2) is 9.79 Å². The summed E-state index contributed by atoms with van der Waals surface area (Å²) in [7, 11) is 0. The van der Waals surface area contributed by atoms with Crippen molar-refractivity contribution in [3.63, 3.8) is 0 Å².